The normalized spacial score (nSPS) is 13.3. The van der Waals surface area contributed by atoms with Gasteiger partial charge in [-0.2, -0.15) is 0 Å². The SMILES string of the molecule is CCC(OC)(OC)C(OC)(OC)O[C](OC)OC. The first-order valence-corrected chi connectivity index (χ1v) is 5.39. The van der Waals surface area contributed by atoms with Gasteiger partial charge in [0.2, 0.25) is 0 Å². The zero-order valence-electron chi connectivity index (χ0n) is 12.1. The van der Waals surface area contributed by atoms with Crippen LogP contribution in [0.2, 0.25) is 0 Å². The predicted molar refractivity (Wildman–Crippen MR) is 62.1 cm³/mol. The Morgan fingerprint density at radius 3 is 1.44 bits per heavy atom. The van der Waals surface area contributed by atoms with Crippen LogP contribution in [0.25, 0.3) is 0 Å². The first-order chi connectivity index (χ1) is 8.55. The summed E-state index contributed by atoms with van der Waals surface area (Å²) in [4.78, 5) is 0. The van der Waals surface area contributed by atoms with E-state index in [1.165, 1.54) is 42.7 Å². The second-order valence-corrected chi connectivity index (χ2v) is 3.24. The molecule has 0 fully saturated rings. The summed E-state index contributed by atoms with van der Waals surface area (Å²) in [7, 11) is 8.50. The van der Waals surface area contributed by atoms with Crippen LogP contribution in [0.15, 0.2) is 0 Å². The maximum Gasteiger partial charge on any atom is 0.374 e. The average Bonchev–Trinajstić information content (AvgIpc) is 2.44. The molecule has 0 aliphatic carbocycles. The maximum atomic E-state index is 5.45. The van der Waals surface area contributed by atoms with E-state index < -0.39 is 11.8 Å². The van der Waals surface area contributed by atoms with E-state index in [2.05, 4.69) is 0 Å². The number of hydrogen-bond donors (Lipinski definition) is 0. The highest BCUT2D eigenvalue weighted by Gasteiger charge is 2.57. The van der Waals surface area contributed by atoms with Gasteiger partial charge in [-0.05, 0) is 0 Å². The minimum Gasteiger partial charge on any atom is -0.347 e. The van der Waals surface area contributed by atoms with Crippen LogP contribution in [-0.4, -0.2) is 54.4 Å². The molecule has 0 spiro atoms. The van der Waals surface area contributed by atoms with Crippen LogP contribution >= 0.6 is 0 Å². The Balaban J connectivity index is 5.33. The lowest BCUT2D eigenvalue weighted by atomic mass is 10.1. The number of rotatable bonds is 10. The van der Waals surface area contributed by atoms with Crippen LogP contribution in [-0.2, 0) is 33.2 Å². The van der Waals surface area contributed by atoms with E-state index in [-0.39, 0.29) is 6.48 Å². The molecule has 0 aliphatic heterocycles. The van der Waals surface area contributed by atoms with Crippen LogP contribution < -0.4 is 0 Å². The third-order valence-electron chi connectivity index (χ3n) is 2.68. The monoisotopic (exact) mass is 267 g/mol. The fourth-order valence-electron chi connectivity index (χ4n) is 1.67. The van der Waals surface area contributed by atoms with E-state index in [0.29, 0.717) is 6.42 Å². The largest absolute Gasteiger partial charge is 0.374 e. The van der Waals surface area contributed by atoms with Gasteiger partial charge < -0.3 is 28.4 Å². The number of ether oxygens (including phenoxy) is 7. The quantitative estimate of drug-likeness (QED) is 0.549. The first kappa shape index (κ1) is 17.7. The molecule has 7 nitrogen and oxygen atoms in total. The lowest BCUT2D eigenvalue weighted by Crippen LogP contribution is -2.61. The minimum absolute atomic E-state index is 0.134. The molecule has 18 heavy (non-hydrogen) atoms. The molecule has 0 aromatic carbocycles. The summed E-state index contributed by atoms with van der Waals surface area (Å²) in [5.41, 5.74) is 0. The lowest BCUT2D eigenvalue weighted by Gasteiger charge is -2.44. The summed E-state index contributed by atoms with van der Waals surface area (Å²) >= 11 is 0. The van der Waals surface area contributed by atoms with Gasteiger partial charge in [-0.3, -0.25) is 4.74 Å². The van der Waals surface area contributed by atoms with Crippen LogP contribution in [0.3, 0.4) is 0 Å². The molecule has 109 valence electrons. The van der Waals surface area contributed by atoms with Crippen molar-refractivity contribution in [2.75, 3.05) is 42.7 Å². The van der Waals surface area contributed by atoms with Crippen molar-refractivity contribution in [2.24, 2.45) is 0 Å². The molecule has 0 atom stereocenters. The van der Waals surface area contributed by atoms with Crippen molar-refractivity contribution in [3.63, 3.8) is 0 Å². The highest BCUT2D eigenvalue weighted by atomic mass is 17.0. The predicted octanol–water partition coefficient (Wildman–Crippen LogP) is 1.09. The molecular formula is C11H23O7. The Morgan fingerprint density at radius 1 is 0.778 bits per heavy atom. The molecule has 0 heterocycles. The minimum atomic E-state index is -1.66. The van der Waals surface area contributed by atoms with Crippen molar-refractivity contribution in [1.82, 2.24) is 0 Å². The molecule has 0 amide bonds. The Labute approximate surface area is 108 Å². The molecule has 7 heteroatoms. The van der Waals surface area contributed by atoms with E-state index in [1.54, 1.807) is 0 Å². The van der Waals surface area contributed by atoms with Gasteiger partial charge in [-0.1, -0.05) is 6.92 Å². The van der Waals surface area contributed by atoms with Gasteiger partial charge in [-0.15, -0.1) is 0 Å². The second-order valence-electron chi connectivity index (χ2n) is 3.24. The Kier molecular flexibility index (Phi) is 7.88. The zero-order chi connectivity index (χ0) is 14.2. The molecule has 0 aliphatic rings. The van der Waals surface area contributed by atoms with Crippen molar-refractivity contribution >= 4 is 0 Å². The van der Waals surface area contributed by atoms with Gasteiger partial charge in [0.25, 0.3) is 5.79 Å². The summed E-state index contributed by atoms with van der Waals surface area (Å²) in [6.45, 7) is 1.70. The van der Waals surface area contributed by atoms with Crippen LogP contribution in [0, 0.1) is 6.48 Å². The van der Waals surface area contributed by atoms with Crippen LogP contribution in [0.1, 0.15) is 13.3 Å². The smallest absolute Gasteiger partial charge is 0.347 e. The summed E-state index contributed by atoms with van der Waals surface area (Å²) in [6.07, 6.45) is 0.405. The van der Waals surface area contributed by atoms with E-state index in [4.69, 9.17) is 33.2 Å². The van der Waals surface area contributed by atoms with Gasteiger partial charge in [-0.25, -0.2) is 0 Å². The van der Waals surface area contributed by atoms with Gasteiger partial charge in [0.05, 0.1) is 0 Å². The molecule has 0 N–H and O–H groups in total. The first-order valence-electron chi connectivity index (χ1n) is 5.39. The second kappa shape index (κ2) is 8.00. The van der Waals surface area contributed by atoms with Crippen molar-refractivity contribution in [3.8, 4) is 0 Å². The average molecular weight is 267 g/mol. The van der Waals surface area contributed by atoms with Crippen molar-refractivity contribution in [1.29, 1.82) is 0 Å². The van der Waals surface area contributed by atoms with Crippen molar-refractivity contribution in [2.45, 2.75) is 25.1 Å². The van der Waals surface area contributed by atoms with E-state index >= 15 is 0 Å². The van der Waals surface area contributed by atoms with Crippen LogP contribution in [0.4, 0.5) is 0 Å². The van der Waals surface area contributed by atoms with Gasteiger partial charge >= 0.3 is 12.4 Å². The Morgan fingerprint density at radius 2 is 1.22 bits per heavy atom. The highest BCUT2D eigenvalue weighted by Crippen LogP contribution is 2.37. The molecule has 1 radical (unpaired) electrons. The summed E-state index contributed by atoms with van der Waals surface area (Å²) in [5, 5.41) is 0. The Bertz CT molecular complexity index is 201. The molecule has 0 aromatic rings. The van der Waals surface area contributed by atoms with Gasteiger partial charge in [0.15, 0.2) is 0 Å². The fraction of sp³-hybridized carbons (Fsp3) is 0.909. The molecule has 0 unspecified atom stereocenters. The molecule has 0 saturated heterocycles. The lowest BCUT2D eigenvalue weighted by molar-refractivity contribution is -0.498. The molecule has 0 aromatic heterocycles. The number of methoxy groups -OCH3 is 6. The molecular weight excluding hydrogens is 244 g/mol. The molecule has 0 rings (SSSR count). The van der Waals surface area contributed by atoms with Crippen molar-refractivity contribution < 1.29 is 33.2 Å². The summed E-state index contributed by atoms with van der Waals surface area (Å²) in [5.74, 6) is -2.94. The number of hydrogen-bond acceptors (Lipinski definition) is 7. The van der Waals surface area contributed by atoms with E-state index in [1.807, 2.05) is 6.92 Å². The van der Waals surface area contributed by atoms with E-state index in [0.717, 1.165) is 0 Å². The molecule has 0 bridgehead atoms. The fourth-order valence-corrected chi connectivity index (χ4v) is 1.67. The zero-order valence-corrected chi connectivity index (χ0v) is 12.1. The van der Waals surface area contributed by atoms with E-state index in [9.17, 15) is 0 Å². The van der Waals surface area contributed by atoms with Crippen LogP contribution in [0.5, 0.6) is 0 Å². The third kappa shape index (κ3) is 3.18. The van der Waals surface area contributed by atoms with Crippen molar-refractivity contribution in [3.05, 3.63) is 6.48 Å². The third-order valence-corrected chi connectivity index (χ3v) is 2.68. The summed E-state index contributed by atoms with van der Waals surface area (Å²) < 4.78 is 36.5. The molecule has 0 saturated carbocycles. The van der Waals surface area contributed by atoms with Gasteiger partial charge in [0, 0.05) is 49.1 Å². The highest BCUT2D eigenvalue weighted by molar-refractivity contribution is 4.81. The standard InChI is InChI=1S/C11H23O7/c1-8-10(14-4,15-5)11(16-6,17-7)18-9(12-2)13-3/h8H2,1-7H3. The summed E-state index contributed by atoms with van der Waals surface area (Å²) in [6, 6.07) is 0. The Hall–Kier alpha value is -0.280. The maximum absolute atomic E-state index is 5.45. The van der Waals surface area contributed by atoms with Gasteiger partial charge in [0.1, 0.15) is 0 Å². The topological polar surface area (TPSA) is 64.6 Å².